The lowest BCUT2D eigenvalue weighted by Gasteiger charge is -2.37. The van der Waals surface area contributed by atoms with Crippen molar-refractivity contribution in [3.05, 3.63) is 70.8 Å². The molecule has 1 unspecified atom stereocenters. The lowest BCUT2D eigenvalue weighted by atomic mass is 9.81. The summed E-state index contributed by atoms with van der Waals surface area (Å²) in [6, 6.07) is 11.8. The molecule has 4 rings (SSSR count). The minimum Gasteiger partial charge on any atom is -0.380 e. The highest BCUT2D eigenvalue weighted by Gasteiger charge is 2.59. The van der Waals surface area contributed by atoms with Gasteiger partial charge < -0.3 is 19.7 Å². The van der Waals surface area contributed by atoms with E-state index in [0.29, 0.717) is 16.7 Å². The van der Waals surface area contributed by atoms with Crippen molar-refractivity contribution in [2.24, 2.45) is 0 Å². The Morgan fingerprint density at radius 2 is 1.76 bits per heavy atom. The fourth-order valence-electron chi connectivity index (χ4n) is 4.67. The molecule has 2 aliphatic heterocycles. The van der Waals surface area contributed by atoms with Crippen LogP contribution >= 0.6 is 0 Å². The van der Waals surface area contributed by atoms with E-state index in [4.69, 9.17) is 9.47 Å². The number of carbonyl (C=O) groups excluding carboxylic acids is 4. The highest BCUT2D eigenvalue weighted by molar-refractivity contribution is 6.08. The Kier molecular flexibility index (Phi) is 7.42. The summed E-state index contributed by atoms with van der Waals surface area (Å²) >= 11 is 0. The van der Waals surface area contributed by atoms with E-state index in [9.17, 15) is 29.4 Å². The number of imide groups is 1. The Hall–Kier alpha value is -3.64. The van der Waals surface area contributed by atoms with Crippen LogP contribution in [0.5, 0.6) is 0 Å². The highest BCUT2D eigenvalue weighted by Crippen LogP contribution is 2.39. The van der Waals surface area contributed by atoms with Gasteiger partial charge in [0.2, 0.25) is 0 Å². The van der Waals surface area contributed by atoms with Gasteiger partial charge in [-0.1, -0.05) is 48.5 Å². The first-order valence-electron chi connectivity index (χ1n) is 11.7. The predicted molar refractivity (Wildman–Crippen MR) is 129 cm³/mol. The number of aliphatic hydroxyl groups is 2. The fraction of sp³-hybridized carbons (Fsp3) is 0.385. The van der Waals surface area contributed by atoms with Crippen molar-refractivity contribution >= 4 is 23.6 Å². The van der Waals surface area contributed by atoms with Crippen LogP contribution in [0.1, 0.15) is 39.6 Å². The highest BCUT2D eigenvalue weighted by atomic mass is 16.5. The number of hydrogen-bond acceptors (Lipinski definition) is 8. The van der Waals surface area contributed by atoms with Crippen molar-refractivity contribution in [2.75, 3.05) is 20.5 Å². The Bertz CT molecular complexity index is 1230. The average molecular weight is 512 g/mol. The van der Waals surface area contributed by atoms with Gasteiger partial charge in [-0.2, -0.15) is 0 Å². The summed E-state index contributed by atoms with van der Waals surface area (Å²) in [5.41, 5.74) is -0.710. The van der Waals surface area contributed by atoms with Crippen LogP contribution in [0.3, 0.4) is 0 Å². The lowest BCUT2D eigenvalue weighted by Crippen LogP contribution is -2.62. The molecular formula is C26H29N3O8. The second kappa shape index (κ2) is 10.4. The average Bonchev–Trinajstić information content (AvgIpc) is 3.23. The number of nitrogens with zero attached hydrogens (tertiary/aromatic N) is 2. The number of amides is 4. The van der Waals surface area contributed by atoms with Crippen LogP contribution < -0.4 is 5.32 Å². The molecule has 0 bridgehead atoms. The molecule has 0 saturated carbocycles. The molecule has 11 nitrogen and oxygen atoms in total. The number of Topliss-reactive ketones (excluding diaryl/α,β-unsaturated/α-hetero) is 2. The van der Waals surface area contributed by atoms with Gasteiger partial charge in [-0.05, 0) is 30.5 Å². The van der Waals surface area contributed by atoms with Crippen molar-refractivity contribution in [1.82, 2.24) is 15.1 Å². The van der Waals surface area contributed by atoms with Gasteiger partial charge in [0, 0.05) is 19.1 Å². The van der Waals surface area contributed by atoms with Gasteiger partial charge in [-0.25, -0.2) is 9.59 Å². The van der Waals surface area contributed by atoms with Crippen molar-refractivity contribution in [1.29, 1.82) is 0 Å². The second-order valence-electron chi connectivity index (χ2n) is 9.21. The first-order valence-corrected chi connectivity index (χ1v) is 11.7. The van der Waals surface area contributed by atoms with Crippen LogP contribution in [0, 0.1) is 13.8 Å². The second-order valence-corrected chi connectivity index (χ2v) is 9.21. The monoisotopic (exact) mass is 511 g/mol. The van der Waals surface area contributed by atoms with Gasteiger partial charge in [0.25, 0.3) is 0 Å². The van der Waals surface area contributed by atoms with Gasteiger partial charge in [-0.15, -0.1) is 0 Å². The molecule has 196 valence electrons. The summed E-state index contributed by atoms with van der Waals surface area (Å²) < 4.78 is 10.9. The minimum atomic E-state index is -2.40. The zero-order valence-corrected chi connectivity index (χ0v) is 20.7. The summed E-state index contributed by atoms with van der Waals surface area (Å²) in [6.07, 6.45) is -5.20. The van der Waals surface area contributed by atoms with Crippen LogP contribution in [0.25, 0.3) is 0 Å². The van der Waals surface area contributed by atoms with Crippen molar-refractivity contribution in [3.63, 3.8) is 0 Å². The number of aliphatic hydroxyl groups excluding tert-OH is 1. The van der Waals surface area contributed by atoms with Crippen LogP contribution in [-0.2, 0) is 14.3 Å². The zero-order chi connectivity index (χ0) is 26.9. The molecule has 2 saturated heterocycles. The van der Waals surface area contributed by atoms with E-state index >= 15 is 0 Å². The molecule has 2 aromatic carbocycles. The van der Waals surface area contributed by atoms with Crippen molar-refractivity contribution in [2.45, 2.75) is 44.3 Å². The number of methoxy groups -OCH3 is 1. The number of benzene rings is 2. The minimum absolute atomic E-state index is 0.136. The number of hydrogen-bond donors (Lipinski definition) is 3. The van der Waals surface area contributed by atoms with E-state index in [0.717, 1.165) is 4.90 Å². The van der Waals surface area contributed by atoms with Crippen molar-refractivity contribution < 1.29 is 38.9 Å². The fourth-order valence-corrected chi connectivity index (χ4v) is 4.67. The maximum absolute atomic E-state index is 13.7. The Labute approximate surface area is 213 Å². The molecule has 3 N–H and O–H groups in total. The normalized spacial score (nSPS) is 24.7. The lowest BCUT2D eigenvalue weighted by molar-refractivity contribution is -0.150. The molecule has 0 aromatic heterocycles. The van der Waals surface area contributed by atoms with Crippen LogP contribution in [0.2, 0.25) is 0 Å². The van der Waals surface area contributed by atoms with E-state index in [2.05, 4.69) is 5.32 Å². The van der Waals surface area contributed by atoms with E-state index < -0.39 is 54.1 Å². The topological polar surface area (TPSA) is 146 Å². The molecule has 2 heterocycles. The third kappa shape index (κ3) is 4.86. The standard InChI is InChI=1S/C26H29N3O8/c1-15-8-4-6-10-17(15)20(30)21(31)23-26(35,22(32)18-11-7-5-9-16(18)2)12-19(37-23)29-13-28(14-36-3)24(33)27-25(29)34/h4-11,19-20,23,30,35H,12-14H2,1-3H3,(H,27,33,34)/t19-,20?,23-,26-/m1/s1. The summed E-state index contributed by atoms with van der Waals surface area (Å²) in [6.45, 7) is 3.01. The number of urea groups is 2. The molecule has 11 heteroatoms. The number of ketones is 2. The quantitative estimate of drug-likeness (QED) is 0.454. The number of rotatable bonds is 8. The van der Waals surface area contributed by atoms with Crippen LogP contribution in [0.15, 0.2) is 48.5 Å². The first-order chi connectivity index (χ1) is 17.6. The van der Waals surface area contributed by atoms with E-state index in [1.54, 1.807) is 56.3 Å². The van der Waals surface area contributed by atoms with Crippen molar-refractivity contribution in [3.8, 4) is 0 Å². The molecule has 0 aliphatic carbocycles. The van der Waals surface area contributed by atoms with Gasteiger partial charge in [0.05, 0.1) is 0 Å². The van der Waals surface area contributed by atoms with E-state index in [1.807, 2.05) is 0 Å². The first kappa shape index (κ1) is 26.4. The summed E-state index contributed by atoms with van der Waals surface area (Å²) in [4.78, 5) is 54.3. The Morgan fingerprint density at radius 3 is 2.41 bits per heavy atom. The van der Waals surface area contributed by atoms with Crippen LogP contribution in [-0.4, -0.2) is 82.1 Å². The zero-order valence-electron chi connectivity index (χ0n) is 20.7. The third-order valence-electron chi connectivity index (χ3n) is 6.72. The molecule has 0 radical (unpaired) electrons. The van der Waals surface area contributed by atoms with Crippen LogP contribution in [0.4, 0.5) is 9.59 Å². The largest absolute Gasteiger partial charge is 0.380 e. The molecule has 4 amide bonds. The predicted octanol–water partition coefficient (Wildman–Crippen LogP) is 1.64. The third-order valence-corrected chi connectivity index (χ3v) is 6.72. The molecule has 4 atom stereocenters. The van der Waals surface area contributed by atoms with E-state index in [-0.39, 0.29) is 19.0 Å². The van der Waals surface area contributed by atoms with E-state index in [1.165, 1.54) is 18.1 Å². The number of nitrogens with one attached hydrogen (secondary N) is 1. The number of ether oxygens (including phenoxy) is 2. The summed E-state index contributed by atoms with van der Waals surface area (Å²) in [5, 5.41) is 24.9. The van der Waals surface area contributed by atoms with Gasteiger partial charge in [0.15, 0.2) is 23.3 Å². The maximum atomic E-state index is 13.7. The number of aryl methyl sites for hydroxylation is 2. The van der Waals surface area contributed by atoms with Gasteiger partial charge in [0.1, 0.15) is 25.7 Å². The summed E-state index contributed by atoms with van der Waals surface area (Å²) in [5.74, 6) is -1.70. The molecule has 2 aromatic rings. The molecular weight excluding hydrogens is 482 g/mol. The SMILES string of the molecule is COCN1CN([C@H]2C[C@@](O)(C(=O)c3ccccc3C)[C@@H](C(=O)C(O)c3ccccc3C)O2)C(=O)NC1=O. The molecule has 2 aliphatic rings. The number of carbonyl (C=O) groups is 4. The van der Waals surface area contributed by atoms with Gasteiger partial charge in [-0.3, -0.25) is 24.7 Å². The summed E-state index contributed by atoms with van der Waals surface area (Å²) in [7, 11) is 1.38. The Morgan fingerprint density at radius 1 is 1.11 bits per heavy atom. The molecule has 37 heavy (non-hydrogen) atoms. The smallest absolute Gasteiger partial charge is 0.328 e. The molecule has 2 fully saturated rings. The molecule has 0 spiro atoms. The maximum Gasteiger partial charge on any atom is 0.328 e. The van der Waals surface area contributed by atoms with Gasteiger partial charge >= 0.3 is 12.1 Å². The Balaban J connectivity index is 1.71.